The molecule has 1 unspecified atom stereocenters. The van der Waals surface area contributed by atoms with Gasteiger partial charge in [0.25, 0.3) is 0 Å². The van der Waals surface area contributed by atoms with E-state index in [-0.39, 0.29) is 17.9 Å². The smallest absolute Gasteiger partial charge is 0.225 e. The maximum Gasteiger partial charge on any atom is 0.225 e. The van der Waals surface area contributed by atoms with Crippen LogP contribution in [0, 0.1) is 12.8 Å². The summed E-state index contributed by atoms with van der Waals surface area (Å²) in [5, 5.41) is 2.81. The molecule has 0 aliphatic rings. The van der Waals surface area contributed by atoms with Crippen LogP contribution in [-0.4, -0.2) is 26.5 Å². The van der Waals surface area contributed by atoms with Crippen molar-refractivity contribution in [1.29, 1.82) is 0 Å². The zero-order chi connectivity index (χ0) is 15.4. The van der Waals surface area contributed by atoms with Gasteiger partial charge >= 0.3 is 0 Å². The third-order valence-corrected chi connectivity index (χ3v) is 3.38. The van der Waals surface area contributed by atoms with Crippen molar-refractivity contribution in [2.24, 2.45) is 11.7 Å². The summed E-state index contributed by atoms with van der Waals surface area (Å²) in [6, 6.07) is 3.53. The Kier molecular flexibility index (Phi) is 4.70. The Morgan fingerprint density at radius 3 is 2.67 bits per heavy atom. The molecule has 112 valence electrons. The van der Waals surface area contributed by atoms with Crippen LogP contribution < -0.4 is 11.1 Å². The topological polar surface area (TPSA) is 85.8 Å². The highest BCUT2D eigenvalue weighted by Crippen LogP contribution is 2.12. The molecular formula is C15H21N5O. The summed E-state index contributed by atoms with van der Waals surface area (Å²) in [6.45, 7) is 5.91. The van der Waals surface area contributed by atoms with Crippen molar-refractivity contribution in [2.75, 3.05) is 5.32 Å². The number of nitrogens with one attached hydrogen (secondary N) is 1. The first-order valence-electron chi connectivity index (χ1n) is 6.99. The predicted molar refractivity (Wildman–Crippen MR) is 82.2 cm³/mol. The van der Waals surface area contributed by atoms with Crippen LogP contribution in [0.1, 0.15) is 26.1 Å². The normalized spacial score (nSPS) is 12.4. The fourth-order valence-electron chi connectivity index (χ4n) is 1.88. The second-order valence-electron chi connectivity index (χ2n) is 5.41. The second-order valence-corrected chi connectivity index (χ2v) is 5.41. The van der Waals surface area contributed by atoms with Crippen LogP contribution in [0.15, 0.2) is 30.7 Å². The van der Waals surface area contributed by atoms with Gasteiger partial charge in [-0.25, -0.2) is 9.97 Å². The van der Waals surface area contributed by atoms with Gasteiger partial charge in [0.05, 0.1) is 11.9 Å². The molecule has 6 heteroatoms. The monoisotopic (exact) mass is 287 g/mol. The number of amides is 1. The maximum atomic E-state index is 11.9. The maximum absolute atomic E-state index is 11.9. The summed E-state index contributed by atoms with van der Waals surface area (Å²) in [7, 11) is 0. The Balaban J connectivity index is 2.00. The highest BCUT2D eigenvalue weighted by atomic mass is 16.1. The van der Waals surface area contributed by atoms with Crippen molar-refractivity contribution in [3.05, 3.63) is 36.5 Å². The van der Waals surface area contributed by atoms with Crippen LogP contribution >= 0.6 is 0 Å². The van der Waals surface area contributed by atoms with E-state index < -0.39 is 0 Å². The zero-order valence-corrected chi connectivity index (χ0v) is 12.6. The Bertz CT molecular complexity index is 603. The Morgan fingerprint density at radius 2 is 2.14 bits per heavy atom. The van der Waals surface area contributed by atoms with E-state index >= 15 is 0 Å². The number of hydrogen-bond acceptors (Lipinski definition) is 4. The van der Waals surface area contributed by atoms with Crippen LogP contribution in [0.3, 0.4) is 0 Å². The number of anilines is 1. The molecule has 0 aliphatic heterocycles. The first kappa shape index (κ1) is 15.2. The SMILES string of the molecule is Cc1nccn1-c1ccc(NC(=O)CC(N)C(C)C)cn1. The first-order chi connectivity index (χ1) is 9.97. The van der Waals surface area contributed by atoms with E-state index in [1.807, 2.05) is 43.7 Å². The number of nitrogens with zero attached hydrogens (tertiary/aromatic N) is 3. The van der Waals surface area contributed by atoms with Crippen molar-refractivity contribution in [1.82, 2.24) is 14.5 Å². The lowest BCUT2D eigenvalue weighted by molar-refractivity contribution is -0.116. The van der Waals surface area contributed by atoms with Gasteiger partial charge in [0, 0.05) is 24.9 Å². The molecule has 21 heavy (non-hydrogen) atoms. The quantitative estimate of drug-likeness (QED) is 0.879. The van der Waals surface area contributed by atoms with Crippen LogP contribution in [0.25, 0.3) is 5.82 Å². The van der Waals surface area contributed by atoms with Gasteiger partial charge in [-0.15, -0.1) is 0 Å². The predicted octanol–water partition coefficient (Wildman–Crippen LogP) is 1.89. The number of aryl methyl sites for hydroxylation is 1. The molecule has 6 nitrogen and oxygen atoms in total. The Morgan fingerprint density at radius 1 is 1.38 bits per heavy atom. The van der Waals surface area contributed by atoms with Crippen molar-refractivity contribution in [3.8, 4) is 5.82 Å². The van der Waals surface area contributed by atoms with Crippen LogP contribution in [0.5, 0.6) is 0 Å². The van der Waals surface area contributed by atoms with Gasteiger partial charge in [-0.1, -0.05) is 13.8 Å². The van der Waals surface area contributed by atoms with Gasteiger partial charge in [-0.3, -0.25) is 9.36 Å². The van der Waals surface area contributed by atoms with Gasteiger partial charge in [-0.2, -0.15) is 0 Å². The largest absolute Gasteiger partial charge is 0.327 e. The third kappa shape index (κ3) is 3.88. The second kappa shape index (κ2) is 6.49. The fraction of sp³-hybridized carbons (Fsp3) is 0.400. The molecule has 1 atom stereocenters. The molecule has 2 aromatic rings. The van der Waals surface area contributed by atoms with Gasteiger partial charge in [0.15, 0.2) is 0 Å². The summed E-state index contributed by atoms with van der Waals surface area (Å²) < 4.78 is 1.88. The minimum Gasteiger partial charge on any atom is -0.327 e. The number of carbonyl (C=O) groups is 1. The van der Waals surface area contributed by atoms with E-state index in [9.17, 15) is 4.79 Å². The molecule has 0 bridgehead atoms. The standard InChI is InChI=1S/C15H21N5O/c1-10(2)13(16)8-15(21)19-12-4-5-14(18-9-12)20-7-6-17-11(20)3/h4-7,9-10,13H,8,16H2,1-3H3,(H,19,21). The number of imidazole rings is 1. The fourth-order valence-corrected chi connectivity index (χ4v) is 1.88. The molecule has 0 spiro atoms. The number of nitrogens with two attached hydrogens (primary N) is 1. The lowest BCUT2D eigenvalue weighted by atomic mass is 10.0. The summed E-state index contributed by atoms with van der Waals surface area (Å²) in [5.74, 6) is 1.81. The van der Waals surface area contributed by atoms with E-state index in [1.54, 1.807) is 12.4 Å². The Hall–Kier alpha value is -2.21. The molecule has 2 rings (SSSR count). The minimum absolute atomic E-state index is 0.0930. The number of aromatic nitrogens is 3. The first-order valence-corrected chi connectivity index (χ1v) is 6.99. The van der Waals surface area contributed by atoms with Crippen molar-refractivity contribution in [2.45, 2.75) is 33.2 Å². The van der Waals surface area contributed by atoms with Crippen LogP contribution in [0.4, 0.5) is 5.69 Å². The average Bonchev–Trinajstić information content (AvgIpc) is 2.85. The van der Waals surface area contributed by atoms with Crippen molar-refractivity contribution >= 4 is 11.6 Å². The van der Waals surface area contributed by atoms with Crippen LogP contribution in [-0.2, 0) is 4.79 Å². The van der Waals surface area contributed by atoms with E-state index in [2.05, 4.69) is 15.3 Å². The molecule has 2 heterocycles. The zero-order valence-electron chi connectivity index (χ0n) is 12.6. The highest BCUT2D eigenvalue weighted by molar-refractivity contribution is 5.90. The van der Waals surface area contributed by atoms with Crippen molar-refractivity contribution in [3.63, 3.8) is 0 Å². The van der Waals surface area contributed by atoms with Gasteiger partial charge < -0.3 is 11.1 Å². The Labute approximate surface area is 124 Å². The van der Waals surface area contributed by atoms with Gasteiger partial charge in [-0.05, 0) is 25.0 Å². The molecule has 0 radical (unpaired) electrons. The number of hydrogen-bond donors (Lipinski definition) is 2. The van der Waals surface area contributed by atoms with Gasteiger partial charge in [0.1, 0.15) is 11.6 Å². The average molecular weight is 287 g/mol. The number of rotatable bonds is 5. The van der Waals surface area contributed by atoms with E-state index in [0.29, 0.717) is 12.1 Å². The molecule has 2 aromatic heterocycles. The molecule has 0 aliphatic carbocycles. The van der Waals surface area contributed by atoms with Crippen LogP contribution in [0.2, 0.25) is 0 Å². The van der Waals surface area contributed by atoms with E-state index in [0.717, 1.165) is 11.6 Å². The highest BCUT2D eigenvalue weighted by Gasteiger charge is 2.13. The molecule has 0 aromatic carbocycles. The number of pyridine rings is 1. The summed E-state index contributed by atoms with van der Waals surface area (Å²) in [6.07, 6.45) is 5.51. The third-order valence-electron chi connectivity index (χ3n) is 3.38. The lowest BCUT2D eigenvalue weighted by Crippen LogP contribution is -2.31. The van der Waals surface area contributed by atoms with E-state index in [4.69, 9.17) is 5.73 Å². The summed E-state index contributed by atoms with van der Waals surface area (Å²) >= 11 is 0. The molecule has 0 saturated heterocycles. The molecule has 0 saturated carbocycles. The molecule has 1 amide bonds. The lowest BCUT2D eigenvalue weighted by Gasteiger charge is -2.15. The molecule has 0 fully saturated rings. The molecule has 3 N–H and O–H groups in total. The van der Waals surface area contributed by atoms with Crippen molar-refractivity contribution < 1.29 is 4.79 Å². The summed E-state index contributed by atoms with van der Waals surface area (Å²) in [4.78, 5) is 20.3. The number of carbonyl (C=O) groups excluding carboxylic acids is 1. The minimum atomic E-state index is -0.133. The van der Waals surface area contributed by atoms with Gasteiger partial charge in [0.2, 0.25) is 5.91 Å². The summed E-state index contributed by atoms with van der Waals surface area (Å²) in [5.41, 5.74) is 6.55. The van der Waals surface area contributed by atoms with E-state index in [1.165, 1.54) is 0 Å². The molecular weight excluding hydrogens is 266 g/mol.